The van der Waals surface area contributed by atoms with Gasteiger partial charge in [-0.2, -0.15) is 0 Å². The number of carbonyl (C=O) groups is 2. The lowest BCUT2D eigenvalue weighted by molar-refractivity contribution is 0.0696. The Balaban J connectivity index is 2.07. The molecule has 0 radical (unpaired) electrons. The molecule has 28 heavy (non-hydrogen) atoms. The molecule has 6 heteroatoms. The highest BCUT2D eigenvalue weighted by Gasteiger charge is 2.15. The standard InChI is InChI=1S/C22H20N2O4/c1-13-5-4-6-19(7-13)23-12-18-8-14(2)24(15(18)3)20-10-16(21(25)26)9-17(11-20)22(27)28/h4-12H,1-3H3,(H,25,26)(H,27,28). The zero-order valence-electron chi connectivity index (χ0n) is 15.8. The summed E-state index contributed by atoms with van der Waals surface area (Å²) in [4.78, 5) is 27.3. The second kappa shape index (κ2) is 7.52. The number of aliphatic imine (C=N–C) groups is 1. The van der Waals surface area contributed by atoms with Gasteiger partial charge in [0.2, 0.25) is 0 Å². The zero-order chi connectivity index (χ0) is 20.4. The predicted octanol–water partition coefficient (Wildman–Crippen LogP) is 4.55. The van der Waals surface area contributed by atoms with Crippen molar-refractivity contribution in [2.45, 2.75) is 20.8 Å². The Hall–Kier alpha value is -3.67. The number of rotatable bonds is 5. The summed E-state index contributed by atoms with van der Waals surface area (Å²) in [5.41, 5.74) is 4.86. The zero-order valence-corrected chi connectivity index (χ0v) is 15.8. The van der Waals surface area contributed by atoms with Crippen molar-refractivity contribution in [1.82, 2.24) is 4.57 Å². The SMILES string of the molecule is Cc1cccc(N=Cc2cc(C)n(-c3cc(C(=O)O)cc(C(=O)O)c3)c2C)c1. The third kappa shape index (κ3) is 3.86. The van der Waals surface area contributed by atoms with Crippen LogP contribution in [0.2, 0.25) is 0 Å². The van der Waals surface area contributed by atoms with E-state index in [9.17, 15) is 19.8 Å². The molecule has 1 heterocycles. The van der Waals surface area contributed by atoms with E-state index >= 15 is 0 Å². The summed E-state index contributed by atoms with van der Waals surface area (Å²) < 4.78 is 1.83. The van der Waals surface area contributed by atoms with Gasteiger partial charge < -0.3 is 14.8 Å². The molecule has 2 aromatic carbocycles. The van der Waals surface area contributed by atoms with E-state index in [4.69, 9.17) is 0 Å². The first-order chi connectivity index (χ1) is 13.3. The number of hydrogen-bond acceptors (Lipinski definition) is 3. The maximum Gasteiger partial charge on any atom is 0.335 e. The fraction of sp³-hybridized carbons (Fsp3) is 0.136. The Morgan fingerprint density at radius 2 is 1.57 bits per heavy atom. The molecule has 0 unspecified atom stereocenters. The highest BCUT2D eigenvalue weighted by atomic mass is 16.4. The van der Waals surface area contributed by atoms with Crippen molar-refractivity contribution in [2.24, 2.45) is 4.99 Å². The molecule has 6 nitrogen and oxygen atoms in total. The lowest BCUT2D eigenvalue weighted by atomic mass is 10.1. The summed E-state index contributed by atoms with van der Waals surface area (Å²) >= 11 is 0. The maximum absolute atomic E-state index is 11.4. The van der Waals surface area contributed by atoms with E-state index in [0.29, 0.717) is 5.69 Å². The van der Waals surface area contributed by atoms with Crippen molar-refractivity contribution in [3.8, 4) is 5.69 Å². The number of carboxylic acids is 2. The first-order valence-electron chi connectivity index (χ1n) is 8.68. The van der Waals surface area contributed by atoms with Crippen molar-refractivity contribution >= 4 is 23.8 Å². The topological polar surface area (TPSA) is 91.9 Å². The summed E-state index contributed by atoms with van der Waals surface area (Å²) in [6.07, 6.45) is 1.76. The highest BCUT2D eigenvalue weighted by Crippen LogP contribution is 2.23. The van der Waals surface area contributed by atoms with E-state index in [1.807, 2.05) is 55.7 Å². The van der Waals surface area contributed by atoms with Gasteiger partial charge >= 0.3 is 11.9 Å². The van der Waals surface area contributed by atoms with Gasteiger partial charge in [0.05, 0.1) is 16.8 Å². The number of aromatic nitrogens is 1. The Labute approximate surface area is 162 Å². The lowest BCUT2D eigenvalue weighted by Crippen LogP contribution is -2.07. The average Bonchev–Trinajstić information content (AvgIpc) is 2.93. The molecule has 0 aliphatic heterocycles. The Kier molecular flexibility index (Phi) is 5.13. The molecule has 2 N–H and O–H groups in total. The molecule has 3 rings (SSSR count). The number of carboxylic acid groups (broad SMARTS) is 2. The fourth-order valence-corrected chi connectivity index (χ4v) is 3.16. The largest absolute Gasteiger partial charge is 0.478 e. The van der Waals surface area contributed by atoms with Crippen LogP contribution in [-0.4, -0.2) is 32.9 Å². The normalized spacial score (nSPS) is 11.1. The molecule has 0 aliphatic rings. The van der Waals surface area contributed by atoms with Crippen LogP contribution in [0.25, 0.3) is 5.69 Å². The van der Waals surface area contributed by atoms with Crippen LogP contribution >= 0.6 is 0 Å². The van der Waals surface area contributed by atoms with Gasteiger partial charge in [-0.1, -0.05) is 12.1 Å². The molecule has 0 saturated carbocycles. The molecule has 0 aliphatic carbocycles. The highest BCUT2D eigenvalue weighted by molar-refractivity contribution is 5.95. The minimum atomic E-state index is -1.17. The smallest absolute Gasteiger partial charge is 0.335 e. The quantitative estimate of drug-likeness (QED) is 0.639. The summed E-state index contributed by atoms with van der Waals surface area (Å²) in [6, 6.07) is 13.9. The van der Waals surface area contributed by atoms with Gasteiger partial charge in [-0.05, 0) is 62.7 Å². The molecular weight excluding hydrogens is 356 g/mol. The molecule has 3 aromatic rings. The molecule has 0 bridgehead atoms. The molecule has 0 saturated heterocycles. The van der Waals surface area contributed by atoms with Crippen LogP contribution in [0.5, 0.6) is 0 Å². The molecule has 1 aromatic heterocycles. The van der Waals surface area contributed by atoms with E-state index in [-0.39, 0.29) is 11.1 Å². The third-order valence-electron chi connectivity index (χ3n) is 4.49. The monoisotopic (exact) mass is 376 g/mol. The van der Waals surface area contributed by atoms with Crippen LogP contribution in [0.15, 0.2) is 53.5 Å². The van der Waals surface area contributed by atoms with Crippen LogP contribution < -0.4 is 0 Å². The Morgan fingerprint density at radius 1 is 0.929 bits per heavy atom. The van der Waals surface area contributed by atoms with Gasteiger partial charge in [-0.3, -0.25) is 4.99 Å². The maximum atomic E-state index is 11.4. The van der Waals surface area contributed by atoms with E-state index in [1.54, 1.807) is 6.21 Å². The summed E-state index contributed by atoms with van der Waals surface area (Å²) in [7, 11) is 0. The van der Waals surface area contributed by atoms with Crippen LogP contribution in [-0.2, 0) is 0 Å². The van der Waals surface area contributed by atoms with Crippen LogP contribution in [0.4, 0.5) is 5.69 Å². The number of aryl methyl sites for hydroxylation is 2. The second-order valence-corrected chi connectivity index (χ2v) is 6.64. The van der Waals surface area contributed by atoms with E-state index in [2.05, 4.69) is 4.99 Å². The van der Waals surface area contributed by atoms with Crippen LogP contribution in [0, 0.1) is 20.8 Å². The third-order valence-corrected chi connectivity index (χ3v) is 4.49. The lowest BCUT2D eigenvalue weighted by Gasteiger charge is -2.12. The molecule has 0 fully saturated rings. The number of aromatic carboxylic acids is 2. The van der Waals surface area contributed by atoms with Crippen molar-refractivity contribution in [3.63, 3.8) is 0 Å². The van der Waals surface area contributed by atoms with Gasteiger partial charge in [0, 0.05) is 28.9 Å². The van der Waals surface area contributed by atoms with E-state index in [0.717, 1.165) is 34.3 Å². The van der Waals surface area contributed by atoms with Crippen LogP contribution in [0.1, 0.15) is 43.2 Å². The van der Waals surface area contributed by atoms with Gasteiger partial charge in [0.25, 0.3) is 0 Å². The van der Waals surface area contributed by atoms with Crippen molar-refractivity contribution in [2.75, 3.05) is 0 Å². The molecule has 0 amide bonds. The predicted molar refractivity (Wildman–Crippen MR) is 108 cm³/mol. The van der Waals surface area contributed by atoms with Gasteiger partial charge in [0.1, 0.15) is 0 Å². The Morgan fingerprint density at radius 3 is 2.14 bits per heavy atom. The molecule has 0 atom stereocenters. The molecule has 142 valence electrons. The summed E-state index contributed by atoms with van der Waals surface area (Å²) in [5.74, 6) is -2.35. The van der Waals surface area contributed by atoms with Crippen molar-refractivity contribution in [3.05, 3.63) is 82.2 Å². The Bertz CT molecular complexity index is 1080. The average molecular weight is 376 g/mol. The minimum Gasteiger partial charge on any atom is -0.478 e. The molecule has 0 spiro atoms. The van der Waals surface area contributed by atoms with Gasteiger partial charge in [-0.15, -0.1) is 0 Å². The first-order valence-corrected chi connectivity index (χ1v) is 8.68. The first kappa shape index (κ1) is 19.1. The number of nitrogens with zero attached hydrogens (tertiary/aromatic N) is 2. The number of benzene rings is 2. The summed E-state index contributed by atoms with van der Waals surface area (Å²) in [5, 5.41) is 18.6. The van der Waals surface area contributed by atoms with E-state index < -0.39 is 11.9 Å². The van der Waals surface area contributed by atoms with Gasteiger partial charge in [0.15, 0.2) is 0 Å². The van der Waals surface area contributed by atoms with Crippen LogP contribution in [0.3, 0.4) is 0 Å². The van der Waals surface area contributed by atoms with Gasteiger partial charge in [-0.25, -0.2) is 9.59 Å². The summed E-state index contributed by atoms with van der Waals surface area (Å²) in [6.45, 7) is 5.77. The second-order valence-electron chi connectivity index (χ2n) is 6.64. The minimum absolute atomic E-state index is 0.0719. The molecular formula is C22H20N2O4. The number of hydrogen-bond donors (Lipinski definition) is 2. The van der Waals surface area contributed by atoms with Crippen molar-refractivity contribution in [1.29, 1.82) is 0 Å². The van der Waals surface area contributed by atoms with Crippen molar-refractivity contribution < 1.29 is 19.8 Å². The van der Waals surface area contributed by atoms with E-state index in [1.165, 1.54) is 12.1 Å². The fourth-order valence-electron chi connectivity index (χ4n) is 3.16.